The van der Waals surface area contributed by atoms with Crippen molar-refractivity contribution in [2.45, 2.75) is 57.5 Å². The molecule has 0 bridgehead atoms. The van der Waals surface area contributed by atoms with Crippen molar-refractivity contribution in [3.63, 3.8) is 0 Å². The lowest BCUT2D eigenvalue weighted by molar-refractivity contribution is -0.139. The number of aldehydes is 1. The van der Waals surface area contributed by atoms with Gasteiger partial charge >= 0.3 is 6.18 Å². The first kappa shape index (κ1) is 35.1. The van der Waals surface area contributed by atoms with Crippen LogP contribution < -0.4 is 10.6 Å². The summed E-state index contributed by atoms with van der Waals surface area (Å²) in [5, 5.41) is 25.2. The Morgan fingerprint density at radius 1 is 1.27 bits per heavy atom. The molecule has 0 fully saturated rings. The molecule has 0 radical (unpaired) electrons. The van der Waals surface area contributed by atoms with Crippen molar-refractivity contribution in [3.8, 4) is 11.5 Å². The van der Waals surface area contributed by atoms with Gasteiger partial charge in [-0.25, -0.2) is 14.4 Å². The molecule has 0 saturated heterocycles. The fraction of sp³-hybridized carbons (Fsp3) is 0.440. The van der Waals surface area contributed by atoms with Crippen LogP contribution in [0.5, 0.6) is 0 Å². The maximum absolute atomic E-state index is 13.1. The number of halogens is 5. The fourth-order valence-electron chi connectivity index (χ4n) is 2.73. The van der Waals surface area contributed by atoms with E-state index in [0.717, 1.165) is 17.8 Å². The summed E-state index contributed by atoms with van der Waals surface area (Å²) >= 11 is 6.84. The van der Waals surface area contributed by atoms with E-state index < -0.39 is 42.9 Å². The van der Waals surface area contributed by atoms with E-state index in [1.165, 1.54) is 24.5 Å². The molecular formula is C25H31ClF4N4O5S. The van der Waals surface area contributed by atoms with Crippen LogP contribution >= 0.6 is 22.9 Å². The summed E-state index contributed by atoms with van der Waals surface area (Å²) in [5.41, 5.74) is 0.324. The number of hydrogen-bond donors (Lipinski definition) is 4. The minimum absolute atomic E-state index is 0.0346. The Morgan fingerprint density at radius 2 is 1.95 bits per heavy atom. The number of aliphatic hydroxyl groups is 2. The van der Waals surface area contributed by atoms with E-state index in [2.05, 4.69) is 20.6 Å². The van der Waals surface area contributed by atoms with Gasteiger partial charge in [-0.15, -0.1) is 11.3 Å². The Kier molecular flexibility index (Phi) is 15.5. The second-order valence-electron chi connectivity index (χ2n) is 8.22. The van der Waals surface area contributed by atoms with Crippen molar-refractivity contribution in [1.82, 2.24) is 20.6 Å². The quantitative estimate of drug-likeness (QED) is 0.187. The van der Waals surface area contributed by atoms with Gasteiger partial charge in [0.2, 0.25) is 11.8 Å². The van der Waals surface area contributed by atoms with Gasteiger partial charge in [0.25, 0.3) is 0 Å². The smallest absolute Gasteiger partial charge is 0.389 e. The number of likely N-dealkylation sites (N-methyl/N-ethyl adjacent to an activating group) is 1. The van der Waals surface area contributed by atoms with Crippen LogP contribution in [0, 0.1) is 5.82 Å². The van der Waals surface area contributed by atoms with Crippen molar-refractivity contribution in [2.24, 2.45) is 0 Å². The van der Waals surface area contributed by atoms with Gasteiger partial charge in [0.05, 0.1) is 35.5 Å². The van der Waals surface area contributed by atoms with Crippen molar-refractivity contribution < 1.29 is 41.8 Å². The molecule has 40 heavy (non-hydrogen) atoms. The van der Waals surface area contributed by atoms with Crippen LogP contribution in [0.4, 0.5) is 17.6 Å². The number of alkyl halides is 3. The lowest BCUT2D eigenvalue weighted by Gasteiger charge is -2.23. The molecule has 3 aromatic rings. The van der Waals surface area contributed by atoms with Gasteiger partial charge in [-0.3, -0.25) is 9.59 Å². The number of carbonyl (C=O) groups excluding carboxylic acids is 2. The van der Waals surface area contributed by atoms with Crippen molar-refractivity contribution in [2.75, 3.05) is 13.6 Å². The van der Waals surface area contributed by atoms with Crippen LogP contribution in [0.25, 0.3) is 11.5 Å². The van der Waals surface area contributed by atoms with Crippen LogP contribution in [-0.2, 0) is 4.79 Å². The summed E-state index contributed by atoms with van der Waals surface area (Å²) in [6.45, 7) is 3.69. The number of aromatic nitrogens is 2. The molecule has 2 heterocycles. The first-order valence-corrected chi connectivity index (χ1v) is 13.2. The van der Waals surface area contributed by atoms with Gasteiger partial charge in [-0.1, -0.05) is 24.6 Å². The van der Waals surface area contributed by atoms with E-state index in [9.17, 15) is 32.3 Å². The second-order valence-corrected chi connectivity index (χ2v) is 9.52. The summed E-state index contributed by atoms with van der Waals surface area (Å²) in [4.78, 5) is 29.5. The second kappa shape index (κ2) is 17.7. The maximum atomic E-state index is 13.1. The van der Waals surface area contributed by atoms with E-state index >= 15 is 0 Å². The number of amides is 1. The van der Waals surface area contributed by atoms with Crippen molar-refractivity contribution >= 4 is 35.1 Å². The van der Waals surface area contributed by atoms with E-state index in [0.29, 0.717) is 11.8 Å². The SMILES string of the molecule is CCC(C)O.CNCC(=O)NC(CCC(F)(F)F)C(O)c1nccs1.O=Cc1cnc(-c2cccc(F)c2Cl)o1. The topological polar surface area (TPSA) is 138 Å². The van der Waals surface area contributed by atoms with E-state index in [1.807, 2.05) is 6.92 Å². The Morgan fingerprint density at radius 3 is 2.45 bits per heavy atom. The molecule has 0 saturated carbocycles. The van der Waals surface area contributed by atoms with Crippen molar-refractivity contribution in [3.05, 3.63) is 57.6 Å². The van der Waals surface area contributed by atoms with E-state index in [-0.39, 0.29) is 34.3 Å². The van der Waals surface area contributed by atoms with E-state index in [4.69, 9.17) is 21.1 Å². The summed E-state index contributed by atoms with van der Waals surface area (Å²) in [6, 6.07) is 3.26. The zero-order valence-corrected chi connectivity index (χ0v) is 23.5. The molecule has 9 nitrogen and oxygen atoms in total. The van der Waals surface area contributed by atoms with Gasteiger partial charge < -0.3 is 25.3 Å². The van der Waals surface area contributed by atoms with E-state index in [1.54, 1.807) is 25.4 Å². The highest BCUT2D eigenvalue weighted by Gasteiger charge is 2.32. The molecule has 3 atom stereocenters. The normalized spacial score (nSPS) is 13.2. The third-order valence-corrected chi connectivity index (χ3v) is 6.15. The standard InChI is InChI=1S/C11H16F3N3O2S.C10H5ClFNO2.C4H10O/c1-15-6-8(18)17-7(2-3-11(12,13)14)9(19)10-16-4-5-20-10;11-9-7(2-1-3-8(9)12)10-13-4-6(5-14)15-10;1-3-4(2)5/h4-5,7,9,15,19H,2-3,6H2,1H3,(H,17,18);1-5H;4-5H,3H2,1-2H3. The fourth-order valence-corrected chi connectivity index (χ4v) is 3.63. The maximum Gasteiger partial charge on any atom is 0.389 e. The average molecular weight is 611 g/mol. The summed E-state index contributed by atoms with van der Waals surface area (Å²) in [5.74, 6) is -0.831. The lowest BCUT2D eigenvalue weighted by atomic mass is 10.1. The first-order valence-electron chi connectivity index (χ1n) is 11.9. The third kappa shape index (κ3) is 13.0. The molecular weight excluding hydrogens is 580 g/mol. The summed E-state index contributed by atoms with van der Waals surface area (Å²) < 4.78 is 55.0. The largest absolute Gasteiger partial charge is 0.433 e. The molecule has 15 heteroatoms. The molecule has 0 aliphatic carbocycles. The Bertz CT molecular complexity index is 1160. The van der Waals surface area contributed by atoms with Crippen LogP contribution in [-0.4, -0.2) is 64.3 Å². The molecule has 1 amide bonds. The van der Waals surface area contributed by atoms with Crippen LogP contribution in [0.2, 0.25) is 5.02 Å². The summed E-state index contributed by atoms with van der Waals surface area (Å²) in [7, 11) is 1.54. The number of benzene rings is 1. The number of hydrogen-bond acceptors (Lipinski definition) is 9. The first-order chi connectivity index (χ1) is 18.8. The van der Waals surface area contributed by atoms with Gasteiger partial charge in [-0.05, 0) is 38.9 Å². The molecule has 222 valence electrons. The van der Waals surface area contributed by atoms with Crippen LogP contribution in [0.3, 0.4) is 0 Å². The minimum atomic E-state index is -4.34. The number of rotatable bonds is 10. The zero-order valence-electron chi connectivity index (χ0n) is 21.9. The highest BCUT2D eigenvalue weighted by atomic mass is 35.5. The molecule has 1 aromatic carbocycles. The van der Waals surface area contributed by atoms with Gasteiger partial charge in [-0.2, -0.15) is 13.2 Å². The molecule has 2 aromatic heterocycles. The number of carbonyl (C=O) groups is 2. The third-order valence-electron chi connectivity index (χ3n) is 4.92. The number of oxazole rings is 1. The number of aliphatic hydroxyl groups excluding tert-OH is 2. The number of nitrogens with zero attached hydrogens (tertiary/aromatic N) is 2. The molecule has 3 unspecified atom stereocenters. The van der Waals surface area contributed by atoms with Crippen molar-refractivity contribution in [1.29, 1.82) is 0 Å². The highest BCUT2D eigenvalue weighted by Crippen LogP contribution is 2.29. The molecule has 3 rings (SSSR count). The minimum Gasteiger partial charge on any atom is -0.433 e. The Hall–Kier alpha value is -2.91. The Balaban J connectivity index is 0.000000351. The van der Waals surface area contributed by atoms with Gasteiger partial charge in [0.1, 0.15) is 16.9 Å². The summed E-state index contributed by atoms with van der Waals surface area (Å²) in [6.07, 6.45) is -3.12. The Labute approximate surface area is 237 Å². The van der Waals surface area contributed by atoms with Gasteiger partial charge in [0.15, 0.2) is 12.0 Å². The molecule has 0 aliphatic heterocycles. The number of nitrogens with one attached hydrogen (secondary N) is 2. The highest BCUT2D eigenvalue weighted by molar-refractivity contribution is 7.09. The van der Waals surface area contributed by atoms with Gasteiger partial charge in [0, 0.05) is 18.0 Å². The van der Waals surface area contributed by atoms with Crippen LogP contribution in [0.1, 0.15) is 54.8 Å². The predicted octanol–water partition coefficient (Wildman–Crippen LogP) is 4.95. The lowest BCUT2D eigenvalue weighted by Crippen LogP contribution is -2.43. The molecule has 4 N–H and O–H groups in total. The number of thiazole rings is 1. The zero-order chi connectivity index (χ0) is 30.3. The average Bonchev–Trinajstić information content (AvgIpc) is 3.61. The predicted molar refractivity (Wildman–Crippen MR) is 142 cm³/mol. The molecule has 0 aliphatic rings. The monoisotopic (exact) mass is 610 g/mol. The van der Waals surface area contributed by atoms with Crippen LogP contribution in [0.15, 0.2) is 40.4 Å². The molecule has 0 spiro atoms.